The van der Waals surface area contributed by atoms with Crippen LogP contribution in [0.15, 0.2) is 15.4 Å². The van der Waals surface area contributed by atoms with Gasteiger partial charge in [0.1, 0.15) is 16.4 Å². The van der Waals surface area contributed by atoms with Gasteiger partial charge in [-0.25, -0.2) is 13.1 Å². The molecule has 1 rings (SSSR count). The number of sulfonamides is 1. The van der Waals surface area contributed by atoms with Crippen molar-refractivity contribution in [2.24, 2.45) is 5.73 Å². The van der Waals surface area contributed by atoms with E-state index in [-0.39, 0.29) is 11.4 Å². The van der Waals surface area contributed by atoms with E-state index in [4.69, 9.17) is 10.2 Å². The zero-order valence-corrected chi connectivity index (χ0v) is 11.0. The Morgan fingerprint density at radius 2 is 2.25 bits per heavy atom. The molecule has 0 radical (unpaired) electrons. The van der Waals surface area contributed by atoms with Crippen LogP contribution in [0, 0.1) is 6.92 Å². The van der Waals surface area contributed by atoms with E-state index in [1.165, 1.54) is 6.07 Å². The second kappa shape index (κ2) is 5.72. The van der Waals surface area contributed by atoms with Gasteiger partial charge in [0.25, 0.3) is 0 Å². The lowest BCUT2D eigenvalue weighted by atomic mass is 10.4. The van der Waals surface area contributed by atoms with Gasteiger partial charge in [0.05, 0.1) is 6.54 Å². The summed E-state index contributed by atoms with van der Waals surface area (Å²) in [5.41, 5.74) is 5.38. The second-order valence-corrected chi connectivity index (χ2v) is 5.95. The molecule has 0 unspecified atom stereocenters. The van der Waals surface area contributed by atoms with Crippen LogP contribution in [0.5, 0.6) is 0 Å². The zero-order valence-electron chi connectivity index (χ0n) is 9.32. The van der Waals surface area contributed by atoms with E-state index in [1.807, 2.05) is 6.26 Å². The van der Waals surface area contributed by atoms with Crippen LogP contribution in [-0.2, 0) is 16.6 Å². The Hall–Kier alpha value is -0.500. The summed E-state index contributed by atoms with van der Waals surface area (Å²) in [6, 6.07) is 1.47. The second-order valence-electron chi connectivity index (χ2n) is 3.23. The smallest absolute Gasteiger partial charge is 0.244 e. The molecule has 0 atom stereocenters. The average molecular weight is 264 g/mol. The highest BCUT2D eigenvalue weighted by molar-refractivity contribution is 7.98. The number of thioether (sulfide) groups is 1. The number of rotatable bonds is 6. The van der Waals surface area contributed by atoms with Gasteiger partial charge in [-0.2, -0.15) is 11.8 Å². The molecule has 5 nitrogen and oxygen atoms in total. The van der Waals surface area contributed by atoms with Crippen LogP contribution in [0.25, 0.3) is 0 Å². The minimum Gasteiger partial charge on any atom is -0.464 e. The minimum absolute atomic E-state index is 0.175. The molecule has 0 spiro atoms. The molecular weight excluding hydrogens is 248 g/mol. The molecule has 92 valence electrons. The molecule has 1 aromatic rings. The van der Waals surface area contributed by atoms with Crippen LogP contribution < -0.4 is 10.5 Å². The van der Waals surface area contributed by atoms with Gasteiger partial charge < -0.3 is 10.2 Å². The molecule has 0 amide bonds. The summed E-state index contributed by atoms with van der Waals surface area (Å²) in [5.74, 6) is 1.58. The molecule has 0 saturated carbocycles. The van der Waals surface area contributed by atoms with Crippen molar-refractivity contribution in [1.82, 2.24) is 4.72 Å². The fraction of sp³-hybridized carbons (Fsp3) is 0.556. The first-order chi connectivity index (χ1) is 7.51. The normalized spacial score (nSPS) is 11.9. The van der Waals surface area contributed by atoms with Crippen LogP contribution in [0.3, 0.4) is 0 Å². The monoisotopic (exact) mass is 264 g/mol. The molecule has 0 bridgehead atoms. The zero-order chi connectivity index (χ0) is 12.2. The van der Waals surface area contributed by atoms with Gasteiger partial charge >= 0.3 is 0 Å². The number of nitrogens with two attached hydrogens (primary N) is 1. The van der Waals surface area contributed by atoms with Crippen molar-refractivity contribution in [1.29, 1.82) is 0 Å². The Morgan fingerprint density at radius 3 is 2.75 bits per heavy atom. The Kier molecular flexibility index (Phi) is 4.85. The van der Waals surface area contributed by atoms with Gasteiger partial charge in [0, 0.05) is 18.4 Å². The molecule has 3 N–H and O–H groups in total. The third-order valence-electron chi connectivity index (χ3n) is 2.01. The van der Waals surface area contributed by atoms with Gasteiger partial charge in [0.2, 0.25) is 10.0 Å². The molecular formula is C9H16N2O3S2. The molecule has 16 heavy (non-hydrogen) atoms. The Morgan fingerprint density at radius 1 is 1.56 bits per heavy atom. The lowest BCUT2D eigenvalue weighted by Gasteiger charge is -2.03. The van der Waals surface area contributed by atoms with Crippen molar-refractivity contribution >= 4 is 21.8 Å². The first-order valence-corrected chi connectivity index (χ1v) is 7.67. The fourth-order valence-corrected chi connectivity index (χ4v) is 2.92. The Bertz CT molecular complexity index is 440. The van der Waals surface area contributed by atoms with E-state index in [2.05, 4.69) is 4.72 Å². The Balaban J connectivity index is 2.85. The van der Waals surface area contributed by atoms with Gasteiger partial charge in [0.15, 0.2) is 0 Å². The molecule has 0 fully saturated rings. The molecule has 1 heterocycles. The van der Waals surface area contributed by atoms with E-state index in [1.54, 1.807) is 18.7 Å². The van der Waals surface area contributed by atoms with Crippen LogP contribution in [0.4, 0.5) is 0 Å². The van der Waals surface area contributed by atoms with Crippen LogP contribution >= 0.6 is 11.8 Å². The molecule has 0 aromatic carbocycles. The molecule has 0 aliphatic heterocycles. The Labute approximate surface area is 99.8 Å². The van der Waals surface area contributed by atoms with Crippen molar-refractivity contribution in [3.8, 4) is 0 Å². The molecule has 0 aliphatic rings. The highest BCUT2D eigenvalue weighted by atomic mass is 32.2. The van der Waals surface area contributed by atoms with Gasteiger partial charge in [-0.1, -0.05) is 0 Å². The summed E-state index contributed by atoms with van der Waals surface area (Å²) in [5, 5.41) is 0. The van der Waals surface area contributed by atoms with Gasteiger partial charge in [-0.3, -0.25) is 0 Å². The fourth-order valence-electron chi connectivity index (χ4n) is 1.25. The van der Waals surface area contributed by atoms with Crippen LogP contribution in [-0.4, -0.2) is 27.0 Å². The summed E-state index contributed by atoms with van der Waals surface area (Å²) in [4.78, 5) is 0.175. The van der Waals surface area contributed by atoms with E-state index >= 15 is 0 Å². The maximum atomic E-state index is 11.8. The summed E-state index contributed by atoms with van der Waals surface area (Å²) in [7, 11) is -3.47. The van der Waals surface area contributed by atoms with Gasteiger partial charge in [-0.05, 0) is 13.2 Å². The third-order valence-corrected chi connectivity index (χ3v) is 4.19. The summed E-state index contributed by atoms with van der Waals surface area (Å²) in [6.45, 7) is 2.22. The summed E-state index contributed by atoms with van der Waals surface area (Å²) < 4.78 is 31.4. The number of aryl methyl sites for hydroxylation is 1. The highest BCUT2D eigenvalue weighted by Crippen LogP contribution is 2.19. The van der Waals surface area contributed by atoms with Crippen molar-refractivity contribution < 1.29 is 12.8 Å². The molecule has 7 heteroatoms. The summed E-state index contributed by atoms with van der Waals surface area (Å²) in [6.07, 6.45) is 1.92. The van der Waals surface area contributed by atoms with E-state index in [0.29, 0.717) is 18.1 Å². The highest BCUT2D eigenvalue weighted by Gasteiger charge is 2.20. The van der Waals surface area contributed by atoms with E-state index in [0.717, 1.165) is 5.75 Å². The van der Waals surface area contributed by atoms with Crippen molar-refractivity contribution in [2.45, 2.75) is 18.4 Å². The lowest BCUT2D eigenvalue weighted by molar-refractivity contribution is 0.478. The molecule has 1 aromatic heterocycles. The number of hydrogen-bond donors (Lipinski definition) is 2. The van der Waals surface area contributed by atoms with Crippen LogP contribution in [0.2, 0.25) is 0 Å². The number of hydrogen-bond acceptors (Lipinski definition) is 5. The topological polar surface area (TPSA) is 85.3 Å². The predicted octanol–water partition coefficient (Wildman–Crippen LogP) is 0.688. The predicted molar refractivity (Wildman–Crippen MR) is 64.9 cm³/mol. The first-order valence-electron chi connectivity index (χ1n) is 4.79. The number of nitrogens with one attached hydrogen (secondary N) is 1. The van der Waals surface area contributed by atoms with Crippen molar-refractivity contribution in [3.05, 3.63) is 17.6 Å². The standard InChI is InChI=1S/C9H16N2O3S2/c1-7-9(5-8(6-10)14-7)16(12,13)11-3-4-15-2/h5,11H,3-4,6,10H2,1-2H3. The average Bonchev–Trinajstić information content (AvgIpc) is 2.60. The maximum absolute atomic E-state index is 11.8. The molecule has 0 aliphatic carbocycles. The minimum atomic E-state index is -3.47. The first kappa shape index (κ1) is 13.6. The van der Waals surface area contributed by atoms with E-state index < -0.39 is 10.0 Å². The SMILES string of the molecule is CSCCNS(=O)(=O)c1cc(CN)oc1C. The maximum Gasteiger partial charge on any atom is 0.244 e. The summed E-state index contributed by atoms with van der Waals surface area (Å²) >= 11 is 1.58. The quantitative estimate of drug-likeness (QED) is 0.738. The molecule has 0 saturated heterocycles. The number of furan rings is 1. The third kappa shape index (κ3) is 3.24. The van der Waals surface area contributed by atoms with Crippen molar-refractivity contribution in [3.63, 3.8) is 0 Å². The van der Waals surface area contributed by atoms with Crippen molar-refractivity contribution in [2.75, 3.05) is 18.6 Å². The van der Waals surface area contributed by atoms with Crippen LogP contribution in [0.1, 0.15) is 11.5 Å². The largest absolute Gasteiger partial charge is 0.464 e. The van der Waals surface area contributed by atoms with E-state index in [9.17, 15) is 8.42 Å². The van der Waals surface area contributed by atoms with Gasteiger partial charge in [-0.15, -0.1) is 0 Å². The lowest BCUT2D eigenvalue weighted by Crippen LogP contribution is -2.26.